The molecule has 0 amide bonds. The third-order valence-electron chi connectivity index (χ3n) is 7.06. The molecule has 1 saturated heterocycles. The molecule has 1 atom stereocenters. The summed E-state index contributed by atoms with van der Waals surface area (Å²) in [4.78, 5) is 17.4. The molecule has 6 rings (SSSR count). The lowest BCUT2D eigenvalue weighted by Gasteiger charge is -2.14. The Balaban J connectivity index is 1.36. The minimum Gasteiger partial charge on any atom is -0.437 e. The number of halogens is 1. The van der Waals surface area contributed by atoms with Crippen LogP contribution in [0.4, 0.5) is 10.1 Å². The molecule has 37 heavy (non-hydrogen) atoms. The third-order valence-corrected chi connectivity index (χ3v) is 7.06. The topological polar surface area (TPSA) is 77.8 Å². The van der Waals surface area contributed by atoms with Gasteiger partial charge in [-0.05, 0) is 55.9 Å². The number of hydrogen-bond acceptors (Lipinski definition) is 6. The van der Waals surface area contributed by atoms with Gasteiger partial charge in [-0.1, -0.05) is 18.2 Å². The summed E-state index contributed by atoms with van der Waals surface area (Å²) in [6.45, 7) is 4.21. The molecule has 3 heterocycles. The highest BCUT2D eigenvalue weighted by molar-refractivity contribution is 5.98. The fourth-order valence-corrected chi connectivity index (χ4v) is 4.80. The second-order valence-corrected chi connectivity index (χ2v) is 10.0. The van der Waals surface area contributed by atoms with Crippen LogP contribution in [-0.4, -0.2) is 40.1 Å². The maximum Gasteiger partial charge on any atom is 0.239 e. The lowest BCUT2D eigenvalue weighted by molar-refractivity contribution is 0.0975. The van der Waals surface area contributed by atoms with E-state index >= 15 is 0 Å². The van der Waals surface area contributed by atoms with Gasteiger partial charge in [0.15, 0.2) is 11.4 Å². The van der Waals surface area contributed by atoms with Crippen molar-refractivity contribution in [1.29, 1.82) is 0 Å². The van der Waals surface area contributed by atoms with Crippen molar-refractivity contribution < 1.29 is 18.7 Å². The van der Waals surface area contributed by atoms with Crippen LogP contribution >= 0.6 is 0 Å². The number of nitrogens with zero attached hydrogens (tertiary/aromatic N) is 3. The van der Waals surface area contributed by atoms with Crippen LogP contribution in [0.5, 0.6) is 11.6 Å². The normalized spacial score (nSPS) is 17.3. The summed E-state index contributed by atoms with van der Waals surface area (Å²) < 4.78 is 27.0. The molecule has 1 aliphatic carbocycles. The molecule has 2 fully saturated rings. The first-order valence-electron chi connectivity index (χ1n) is 12.8. The van der Waals surface area contributed by atoms with E-state index in [2.05, 4.69) is 15.4 Å². The van der Waals surface area contributed by atoms with Crippen molar-refractivity contribution in [3.63, 3.8) is 0 Å². The maximum absolute atomic E-state index is 13.8. The summed E-state index contributed by atoms with van der Waals surface area (Å²) in [6.07, 6.45) is 5.71. The summed E-state index contributed by atoms with van der Waals surface area (Å²) >= 11 is 0. The molecule has 190 valence electrons. The van der Waals surface area contributed by atoms with Gasteiger partial charge in [0.1, 0.15) is 11.6 Å². The SMILES string of the molecule is Cc1cc(-c2cnc3c(NCC4CCOC4)cc(Oc4cccc(F)c4)nn23)ccc1C(=O)CC1CC1. The minimum atomic E-state index is -0.381. The molecule has 4 aromatic rings. The van der Waals surface area contributed by atoms with Gasteiger partial charge in [0.25, 0.3) is 0 Å². The zero-order valence-corrected chi connectivity index (χ0v) is 20.7. The monoisotopic (exact) mass is 500 g/mol. The number of benzene rings is 2. The molecule has 2 aromatic heterocycles. The number of imidazole rings is 1. The van der Waals surface area contributed by atoms with Gasteiger partial charge in [-0.3, -0.25) is 4.79 Å². The number of carbonyl (C=O) groups excluding carboxylic acids is 1. The van der Waals surface area contributed by atoms with Gasteiger partial charge in [-0.25, -0.2) is 13.9 Å². The molecule has 7 nitrogen and oxygen atoms in total. The van der Waals surface area contributed by atoms with Crippen LogP contribution in [0.3, 0.4) is 0 Å². The molecule has 1 aliphatic heterocycles. The van der Waals surface area contributed by atoms with Crippen molar-refractivity contribution in [2.24, 2.45) is 11.8 Å². The molecule has 0 bridgehead atoms. The number of rotatable bonds is 9. The largest absolute Gasteiger partial charge is 0.437 e. The van der Waals surface area contributed by atoms with Crippen molar-refractivity contribution in [2.45, 2.75) is 32.6 Å². The lowest BCUT2D eigenvalue weighted by Crippen LogP contribution is -2.15. The van der Waals surface area contributed by atoms with Crippen molar-refractivity contribution in [3.05, 3.63) is 71.7 Å². The Morgan fingerprint density at radius 1 is 1.16 bits per heavy atom. The van der Waals surface area contributed by atoms with Crippen molar-refractivity contribution in [3.8, 4) is 22.9 Å². The first-order valence-corrected chi connectivity index (χ1v) is 12.8. The molecule has 0 spiro atoms. The van der Waals surface area contributed by atoms with E-state index in [4.69, 9.17) is 9.47 Å². The molecular weight excluding hydrogens is 471 g/mol. The number of ether oxygens (including phenoxy) is 2. The molecule has 2 aliphatic rings. The zero-order chi connectivity index (χ0) is 25.4. The summed E-state index contributed by atoms with van der Waals surface area (Å²) in [5, 5.41) is 8.18. The average molecular weight is 501 g/mol. The fraction of sp³-hybridized carbons (Fsp3) is 0.345. The first kappa shape index (κ1) is 23.6. The Hall–Kier alpha value is -3.78. The average Bonchev–Trinajstić information content (AvgIpc) is 3.35. The van der Waals surface area contributed by atoms with Crippen LogP contribution in [-0.2, 0) is 4.74 Å². The van der Waals surface area contributed by atoms with E-state index in [-0.39, 0.29) is 11.6 Å². The number of ketones is 1. The van der Waals surface area contributed by atoms with Gasteiger partial charge < -0.3 is 14.8 Å². The Morgan fingerprint density at radius 2 is 2.05 bits per heavy atom. The quantitative estimate of drug-likeness (QED) is 0.281. The Labute approximate surface area is 214 Å². The highest BCUT2D eigenvalue weighted by atomic mass is 19.1. The molecule has 1 N–H and O–H groups in total. The summed E-state index contributed by atoms with van der Waals surface area (Å²) in [5.41, 5.74) is 4.81. The molecule has 0 radical (unpaired) electrons. The number of nitrogens with one attached hydrogen (secondary N) is 1. The first-order chi connectivity index (χ1) is 18.0. The second kappa shape index (κ2) is 9.94. The van der Waals surface area contributed by atoms with Crippen molar-refractivity contribution >= 4 is 17.1 Å². The van der Waals surface area contributed by atoms with E-state index in [9.17, 15) is 9.18 Å². The van der Waals surface area contributed by atoms with Gasteiger partial charge in [0, 0.05) is 48.8 Å². The summed E-state index contributed by atoms with van der Waals surface area (Å²) in [7, 11) is 0. The second-order valence-electron chi connectivity index (χ2n) is 10.0. The fourth-order valence-electron chi connectivity index (χ4n) is 4.80. The van der Waals surface area contributed by atoms with E-state index in [0.29, 0.717) is 35.5 Å². The number of aromatic nitrogens is 3. The number of Topliss-reactive ketones (excluding diaryl/α,β-unsaturated/α-hetero) is 1. The van der Waals surface area contributed by atoms with Crippen molar-refractivity contribution in [2.75, 3.05) is 25.1 Å². The third kappa shape index (κ3) is 5.20. The smallest absolute Gasteiger partial charge is 0.239 e. The highest BCUT2D eigenvalue weighted by Crippen LogP contribution is 2.35. The minimum absolute atomic E-state index is 0.205. The van der Waals surface area contributed by atoms with E-state index in [0.717, 1.165) is 67.1 Å². The van der Waals surface area contributed by atoms with E-state index in [1.165, 1.54) is 12.1 Å². The molecule has 2 aromatic carbocycles. The number of carbonyl (C=O) groups is 1. The highest BCUT2D eigenvalue weighted by Gasteiger charge is 2.26. The van der Waals surface area contributed by atoms with Crippen LogP contribution in [0.25, 0.3) is 16.9 Å². The van der Waals surface area contributed by atoms with Gasteiger partial charge in [-0.2, -0.15) is 0 Å². The van der Waals surface area contributed by atoms with Crippen LogP contribution < -0.4 is 10.1 Å². The number of fused-ring (bicyclic) bond motifs is 1. The number of aryl methyl sites for hydroxylation is 1. The zero-order valence-electron chi connectivity index (χ0n) is 20.7. The summed E-state index contributed by atoms with van der Waals surface area (Å²) in [5.74, 6) is 1.46. The lowest BCUT2D eigenvalue weighted by atomic mass is 9.98. The van der Waals surface area contributed by atoms with Crippen LogP contribution in [0.15, 0.2) is 54.7 Å². The van der Waals surface area contributed by atoms with Gasteiger partial charge in [0.2, 0.25) is 5.88 Å². The van der Waals surface area contributed by atoms with Crippen LogP contribution in [0.2, 0.25) is 0 Å². The standard InChI is InChI=1S/C29H29FN4O3/c1-18-11-21(7-8-24(18)27(35)12-19-5-6-19)26-16-32-29-25(31-15-20-9-10-36-17-20)14-28(33-34(26)29)37-23-4-2-3-22(30)13-23/h2-4,7-8,11,13-14,16,19-20,31H,5-6,9-10,12,15,17H2,1H3. The van der Waals surface area contributed by atoms with E-state index in [1.54, 1.807) is 28.9 Å². The van der Waals surface area contributed by atoms with Gasteiger partial charge >= 0.3 is 0 Å². The molecular formula is C29H29FN4O3. The van der Waals surface area contributed by atoms with Crippen LogP contribution in [0, 0.1) is 24.6 Å². The Bertz CT molecular complexity index is 1460. The predicted octanol–water partition coefficient (Wildman–Crippen LogP) is 6.07. The van der Waals surface area contributed by atoms with Crippen LogP contribution in [0.1, 0.15) is 41.6 Å². The number of anilines is 1. The summed E-state index contributed by atoms with van der Waals surface area (Å²) in [6, 6.07) is 13.6. The van der Waals surface area contributed by atoms with E-state index in [1.807, 2.05) is 25.1 Å². The Kier molecular flexibility index (Phi) is 6.34. The van der Waals surface area contributed by atoms with E-state index < -0.39 is 0 Å². The molecule has 8 heteroatoms. The Morgan fingerprint density at radius 3 is 2.81 bits per heavy atom. The number of hydrogen-bond donors (Lipinski definition) is 1. The maximum atomic E-state index is 13.8. The van der Waals surface area contributed by atoms with Crippen molar-refractivity contribution in [1.82, 2.24) is 14.6 Å². The van der Waals surface area contributed by atoms with Gasteiger partial charge in [-0.15, -0.1) is 5.10 Å². The van der Waals surface area contributed by atoms with Gasteiger partial charge in [0.05, 0.1) is 24.2 Å². The molecule has 1 unspecified atom stereocenters. The predicted molar refractivity (Wildman–Crippen MR) is 139 cm³/mol. The molecule has 1 saturated carbocycles.